The van der Waals surface area contributed by atoms with Crippen LogP contribution in [-0.2, 0) is 4.79 Å². The van der Waals surface area contributed by atoms with Crippen molar-refractivity contribution in [3.05, 3.63) is 11.1 Å². The van der Waals surface area contributed by atoms with E-state index in [0.717, 1.165) is 30.1 Å². The van der Waals surface area contributed by atoms with E-state index in [1.54, 1.807) is 0 Å². The average Bonchev–Trinajstić information content (AvgIpc) is 2.46. The number of aromatic nitrogens is 1. The van der Waals surface area contributed by atoms with Crippen LogP contribution in [0.1, 0.15) is 31.4 Å². The number of aryl methyl sites for hydroxylation is 1. The normalized spacial score (nSPS) is 18.2. The summed E-state index contributed by atoms with van der Waals surface area (Å²) in [5, 5.41) is 14.9. The molecule has 0 spiro atoms. The molecule has 82 valence electrons. The summed E-state index contributed by atoms with van der Waals surface area (Å²) < 4.78 is 0. The fourth-order valence-corrected chi connectivity index (χ4v) is 2.68. The summed E-state index contributed by atoms with van der Waals surface area (Å²) in [6.07, 6.45) is 3.14. The van der Waals surface area contributed by atoms with E-state index in [9.17, 15) is 4.79 Å². The Bertz CT molecular complexity index is 371. The molecule has 1 fully saturated rings. The molecule has 0 saturated heterocycles. The summed E-state index contributed by atoms with van der Waals surface area (Å²) in [7, 11) is 0. The third kappa shape index (κ3) is 2.28. The second-order valence-corrected chi connectivity index (χ2v) is 4.98. The zero-order valence-corrected chi connectivity index (χ0v) is 9.43. The number of nitrogens with zero attached hydrogens (tertiary/aromatic N) is 1. The fourth-order valence-electron chi connectivity index (χ4n) is 1.88. The van der Waals surface area contributed by atoms with Crippen LogP contribution in [0.25, 0.3) is 0 Å². The highest BCUT2D eigenvalue weighted by Gasteiger charge is 2.39. The topological polar surface area (TPSA) is 62.2 Å². The maximum atomic E-state index is 10.7. The minimum Gasteiger partial charge on any atom is -0.481 e. The van der Waals surface area contributed by atoms with Crippen LogP contribution in [0.4, 0.5) is 5.13 Å². The van der Waals surface area contributed by atoms with Crippen LogP contribution >= 0.6 is 11.3 Å². The van der Waals surface area contributed by atoms with Crippen molar-refractivity contribution in [2.45, 2.75) is 38.1 Å². The van der Waals surface area contributed by atoms with Gasteiger partial charge >= 0.3 is 5.97 Å². The predicted octanol–water partition coefficient (Wildman–Crippen LogP) is 2.26. The number of rotatable bonds is 4. The average molecular weight is 226 g/mol. The first-order chi connectivity index (χ1) is 7.10. The molecule has 4 nitrogen and oxygen atoms in total. The molecule has 2 N–H and O–H groups in total. The van der Waals surface area contributed by atoms with Crippen molar-refractivity contribution in [2.75, 3.05) is 5.32 Å². The molecule has 1 aliphatic carbocycles. The van der Waals surface area contributed by atoms with Crippen molar-refractivity contribution in [1.82, 2.24) is 4.98 Å². The van der Waals surface area contributed by atoms with Gasteiger partial charge in [0.05, 0.1) is 12.1 Å². The van der Waals surface area contributed by atoms with Crippen LogP contribution in [0.2, 0.25) is 0 Å². The lowest BCUT2D eigenvalue weighted by Crippen LogP contribution is -2.46. The van der Waals surface area contributed by atoms with Crippen molar-refractivity contribution < 1.29 is 9.90 Å². The number of carboxylic acid groups (broad SMARTS) is 1. The number of aliphatic carboxylic acids is 1. The van der Waals surface area contributed by atoms with Crippen LogP contribution in [0.3, 0.4) is 0 Å². The van der Waals surface area contributed by atoms with Crippen molar-refractivity contribution in [1.29, 1.82) is 0 Å². The molecule has 1 aliphatic rings. The standard InChI is InChI=1S/C10H14N2O2S/c1-7-6-15-9(11-7)12-10(3-2-4-10)5-8(13)14/h6H,2-5H2,1H3,(H,11,12)(H,13,14). The van der Waals surface area contributed by atoms with Gasteiger partial charge in [-0.3, -0.25) is 4.79 Å². The SMILES string of the molecule is Cc1csc(NC2(CC(=O)O)CCC2)n1. The smallest absolute Gasteiger partial charge is 0.305 e. The molecule has 0 unspecified atom stereocenters. The third-order valence-corrected chi connectivity index (χ3v) is 3.67. The Morgan fingerprint density at radius 1 is 1.73 bits per heavy atom. The lowest BCUT2D eigenvalue weighted by atomic mass is 9.74. The molecule has 0 radical (unpaired) electrons. The molecule has 0 amide bonds. The highest BCUT2D eigenvalue weighted by atomic mass is 32.1. The molecule has 2 rings (SSSR count). The van der Waals surface area contributed by atoms with E-state index in [-0.39, 0.29) is 12.0 Å². The largest absolute Gasteiger partial charge is 0.481 e. The number of thiazole rings is 1. The number of nitrogens with one attached hydrogen (secondary N) is 1. The van der Waals surface area contributed by atoms with Crippen molar-refractivity contribution in [3.8, 4) is 0 Å². The second-order valence-electron chi connectivity index (χ2n) is 4.12. The maximum absolute atomic E-state index is 10.7. The molecule has 0 aliphatic heterocycles. The van der Waals surface area contributed by atoms with Gasteiger partial charge in [-0.05, 0) is 26.2 Å². The van der Waals surface area contributed by atoms with Crippen LogP contribution in [0, 0.1) is 6.92 Å². The first kappa shape index (κ1) is 10.4. The molecule has 0 bridgehead atoms. The molecule has 5 heteroatoms. The van der Waals surface area contributed by atoms with E-state index < -0.39 is 5.97 Å². The lowest BCUT2D eigenvalue weighted by molar-refractivity contribution is -0.138. The van der Waals surface area contributed by atoms with Gasteiger partial charge in [-0.15, -0.1) is 11.3 Å². The van der Waals surface area contributed by atoms with Crippen molar-refractivity contribution >= 4 is 22.4 Å². The van der Waals surface area contributed by atoms with Gasteiger partial charge in [-0.2, -0.15) is 0 Å². The summed E-state index contributed by atoms with van der Waals surface area (Å²) in [5.41, 5.74) is 0.739. The molecular weight excluding hydrogens is 212 g/mol. The number of hydrogen-bond acceptors (Lipinski definition) is 4. The Morgan fingerprint density at radius 2 is 2.47 bits per heavy atom. The van der Waals surface area contributed by atoms with Gasteiger partial charge in [0.2, 0.25) is 0 Å². The van der Waals surface area contributed by atoms with Crippen LogP contribution in [-0.4, -0.2) is 21.6 Å². The minimum absolute atomic E-state index is 0.186. The molecule has 0 atom stereocenters. The van der Waals surface area contributed by atoms with Gasteiger partial charge in [-0.25, -0.2) is 4.98 Å². The van der Waals surface area contributed by atoms with E-state index in [2.05, 4.69) is 10.3 Å². The monoisotopic (exact) mass is 226 g/mol. The molecule has 15 heavy (non-hydrogen) atoms. The van der Waals surface area contributed by atoms with E-state index in [1.807, 2.05) is 12.3 Å². The van der Waals surface area contributed by atoms with Crippen LogP contribution < -0.4 is 5.32 Å². The zero-order chi connectivity index (χ0) is 10.9. The van der Waals surface area contributed by atoms with Gasteiger partial charge in [0, 0.05) is 10.9 Å². The summed E-state index contributed by atoms with van der Waals surface area (Å²) in [5.74, 6) is -0.740. The Morgan fingerprint density at radius 3 is 2.87 bits per heavy atom. The Hall–Kier alpha value is -1.10. The zero-order valence-electron chi connectivity index (χ0n) is 8.62. The maximum Gasteiger partial charge on any atom is 0.305 e. The quantitative estimate of drug-likeness (QED) is 0.826. The molecule has 1 aromatic heterocycles. The summed E-state index contributed by atoms with van der Waals surface area (Å²) in [6, 6.07) is 0. The Balaban J connectivity index is 2.04. The minimum atomic E-state index is -0.740. The Kier molecular flexibility index (Phi) is 2.65. The van der Waals surface area contributed by atoms with Gasteiger partial charge in [0.25, 0.3) is 0 Å². The van der Waals surface area contributed by atoms with Gasteiger partial charge in [0.15, 0.2) is 5.13 Å². The fraction of sp³-hybridized carbons (Fsp3) is 0.600. The van der Waals surface area contributed by atoms with Gasteiger partial charge in [0.1, 0.15) is 0 Å². The number of carbonyl (C=O) groups is 1. The van der Waals surface area contributed by atoms with E-state index in [0.29, 0.717) is 0 Å². The van der Waals surface area contributed by atoms with Gasteiger partial charge in [-0.1, -0.05) is 0 Å². The summed E-state index contributed by atoms with van der Waals surface area (Å²) >= 11 is 1.54. The molecule has 0 aromatic carbocycles. The van der Waals surface area contributed by atoms with Crippen molar-refractivity contribution in [2.24, 2.45) is 0 Å². The number of anilines is 1. The first-order valence-electron chi connectivity index (χ1n) is 5.02. The molecule has 1 heterocycles. The lowest BCUT2D eigenvalue weighted by Gasteiger charge is -2.41. The second kappa shape index (κ2) is 3.81. The number of carboxylic acids is 1. The van der Waals surface area contributed by atoms with E-state index in [4.69, 9.17) is 5.11 Å². The van der Waals surface area contributed by atoms with Crippen molar-refractivity contribution in [3.63, 3.8) is 0 Å². The third-order valence-electron chi connectivity index (χ3n) is 2.79. The number of hydrogen-bond donors (Lipinski definition) is 2. The van der Waals surface area contributed by atoms with Crippen LogP contribution in [0.5, 0.6) is 0 Å². The highest BCUT2D eigenvalue weighted by Crippen LogP contribution is 2.38. The van der Waals surface area contributed by atoms with Crippen LogP contribution in [0.15, 0.2) is 5.38 Å². The predicted molar refractivity (Wildman–Crippen MR) is 59.3 cm³/mol. The highest BCUT2D eigenvalue weighted by molar-refractivity contribution is 7.13. The Labute approximate surface area is 92.3 Å². The molecular formula is C10H14N2O2S. The first-order valence-corrected chi connectivity index (χ1v) is 5.90. The molecule has 1 saturated carbocycles. The molecule has 1 aromatic rings. The van der Waals surface area contributed by atoms with E-state index >= 15 is 0 Å². The summed E-state index contributed by atoms with van der Waals surface area (Å²) in [4.78, 5) is 15.0. The van der Waals surface area contributed by atoms with Gasteiger partial charge < -0.3 is 10.4 Å². The summed E-state index contributed by atoms with van der Waals surface area (Å²) in [6.45, 7) is 1.94. The van der Waals surface area contributed by atoms with E-state index in [1.165, 1.54) is 11.3 Å².